The Kier molecular flexibility index (Phi) is 5.08. The number of imide groups is 1. The Hall–Kier alpha value is -3.19. The molecule has 0 aromatic heterocycles. The molecule has 7 heteroatoms. The van der Waals surface area contributed by atoms with Gasteiger partial charge in [-0.1, -0.05) is 42.5 Å². The molecule has 2 heterocycles. The first kappa shape index (κ1) is 18.2. The van der Waals surface area contributed by atoms with Gasteiger partial charge in [0, 0.05) is 19.6 Å². The highest BCUT2D eigenvalue weighted by Gasteiger charge is 2.40. The number of carbonyl (C=O) groups excluding carboxylic acids is 3. The maximum Gasteiger partial charge on any atom is 0.317 e. The molecule has 1 atom stereocenters. The zero-order chi connectivity index (χ0) is 19.5. The number of urea groups is 1. The Bertz CT molecular complexity index is 859. The van der Waals surface area contributed by atoms with E-state index < -0.39 is 6.04 Å². The third kappa shape index (κ3) is 3.36. The molecule has 1 unspecified atom stereocenters. The van der Waals surface area contributed by atoms with Crippen molar-refractivity contribution in [2.75, 3.05) is 32.8 Å². The van der Waals surface area contributed by atoms with E-state index in [1.165, 1.54) is 4.90 Å². The molecule has 4 rings (SSSR count). The number of hydrogen-bond acceptors (Lipinski definition) is 4. The van der Waals surface area contributed by atoms with E-state index >= 15 is 0 Å². The molecule has 0 spiro atoms. The summed E-state index contributed by atoms with van der Waals surface area (Å²) in [4.78, 5) is 41.3. The highest BCUT2D eigenvalue weighted by molar-refractivity contribution is 6.21. The summed E-state index contributed by atoms with van der Waals surface area (Å²) in [6, 6.07) is 15.3. The highest BCUT2D eigenvalue weighted by atomic mass is 16.5. The number of benzene rings is 2. The first-order chi connectivity index (χ1) is 13.7. The summed E-state index contributed by atoms with van der Waals surface area (Å²) in [7, 11) is 0. The van der Waals surface area contributed by atoms with Crippen molar-refractivity contribution in [3.05, 3.63) is 71.3 Å². The van der Waals surface area contributed by atoms with Crippen LogP contribution < -0.4 is 5.32 Å². The molecule has 0 saturated carbocycles. The quantitative estimate of drug-likeness (QED) is 0.825. The van der Waals surface area contributed by atoms with Crippen molar-refractivity contribution < 1.29 is 19.1 Å². The summed E-state index contributed by atoms with van der Waals surface area (Å²) in [5.41, 5.74) is 1.58. The maximum absolute atomic E-state index is 12.9. The second-order valence-electron chi connectivity index (χ2n) is 6.74. The van der Waals surface area contributed by atoms with E-state index in [0.29, 0.717) is 37.4 Å². The SMILES string of the molecule is O=C(NCC(c1ccccc1)N1C(=O)c2ccccc2C1=O)N1CCOCC1. The molecule has 2 aromatic carbocycles. The van der Waals surface area contributed by atoms with Crippen molar-refractivity contribution in [3.63, 3.8) is 0 Å². The molecule has 7 nitrogen and oxygen atoms in total. The van der Waals surface area contributed by atoms with Gasteiger partial charge >= 0.3 is 6.03 Å². The Morgan fingerprint density at radius 1 is 0.929 bits per heavy atom. The van der Waals surface area contributed by atoms with E-state index in [2.05, 4.69) is 5.32 Å². The van der Waals surface area contributed by atoms with Crippen LogP contribution in [0, 0.1) is 0 Å². The molecule has 0 bridgehead atoms. The lowest BCUT2D eigenvalue weighted by atomic mass is 10.1. The van der Waals surface area contributed by atoms with Gasteiger partial charge in [0.05, 0.1) is 30.4 Å². The molecule has 28 heavy (non-hydrogen) atoms. The third-order valence-electron chi connectivity index (χ3n) is 5.07. The molecule has 144 valence electrons. The van der Waals surface area contributed by atoms with Crippen LogP contribution in [0.25, 0.3) is 0 Å². The topological polar surface area (TPSA) is 79.0 Å². The fourth-order valence-corrected chi connectivity index (χ4v) is 3.59. The van der Waals surface area contributed by atoms with Crippen molar-refractivity contribution in [2.45, 2.75) is 6.04 Å². The van der Waals surface area contributed by atoms with Crippen molar-refractivity contribution in [3.8, 4) is 0 Å². The Labute approximate surface area is 162 Å². The van der Waals surface area contributed by atoms with Crippen molar-refractivity contribution >= 4 is 17.8 Å². The van der Waals surface area contributed by atoms with Crippen LogP contribution in [0.3, 0.4) is 0 Å². The standard InChI is InChI=1S/C21H21N3O4/c25-19-16-8-4-5-9-17(16)20(26)24(19)18(15-6-2-1-3-7-15)14-22-21(27)23-10-12-28-13-11-23/h1-9,18H,10-14H2,(H,22,27). The van der Waals surface area contributed by atoms with Gasteiger partial charge in [-0.15, -0.1) is 0 Å². The number of nitrogens with zero attached hydrogens (tertiary/aromatic N) is 2. The van der Waals surface area contributed by atoms with E-state index in [-0.39, 0.29) is 24.4 Å². The van der Waals surface area contributed by atoms with Crippen LogP contribution in [0.1, 0.15) is 32.3 Å². The molecular formula is C21H21N3O4. The van der Waals surface area contributed by atoms with E-state index in [9.17, 15) is 14.4 Å². The van der Waals surface area contributed by atoms with Crippen molar-refractivity contribution in [2.24, 2.45) is 0 Å². The molecule has 2 aliphatic heterocycles. The molecule has 1 saturated heterocycles. The average Bonchev–Trinajstić information content (AvgIpc) is 3.01. The number of ether oxygens (including phenoxy) is 1. The van der Waals surface area contributed by atoms with E-state index in [0.717, 1.165) is 5.56 Å². The number of nitrogens with one attached hydrogen (secondary N) is 1. The first-order valence-corrected chi connectivity index (χ1v) is 9.29. The minimum Gasteiger partial charge on any atom is -0.378 e. The molecular weight excluding hydrogens is 358 g/mol. The number of rotatable bonds is 4. The van der Waals surface area contributed by atoms with Crippen LogP contribution in [0.2, 0.25) is 0 Å². The second kappa shape index (κ2) is 7.82. The summed E-state index contributed by atoms with van der Waals surface area (Å²) in [5, 5.41) is 2.88. The van der Waals surface area contributed by atoms with Crippen LogP contribution in [0.4, 0.5) is 4.79 Å². The van der Waals surface area contributed by atoms with Gasteiger partial charge in [-0.25, -0.2) is 4.79 Å². The predicted molar refractivity (Wildman–Crippen MR) is 102 cm³/mol. The van der Waals surface area contributed by atoms with Gasteiger partial charge in [0.25, 0.3) is 11.8 Å². The number of carbonyl (C=O) groups is 3. The summed E-state index contributed by atoms with van der Waals surface area (Å²) >= 11 is 0. The van der Waals surface area contributed by atoms with Gasteiger partial charge in [0.1, 0.15) is 0 Å². The molecule has 0 aliphatic carbocycles. The van der Waals surface area contributed by atoms with Gasteiger partial charge in [-0.05, 0) is 17.7 Å². The smallest absolute Gasteiger partial charge is 0.317 e. The summed E-state index contributed by atoms with van der Waals surface area (Å²) in [6.45, 7) is 2.21. The van der Waals surface area contributed by atoms with Crippen LogP contribution in [0.5, 0.6) is 0 Å². The van der Waals surface area contributed by atoms with Crippen molar-refractivity contribution in [1.29, 1.82) is 0 Å². The minimum absolute atomic E-state index is 0.145. The Balaban J connectivity index is 1.58. The summed E-state index contributed by atoms with van der Waals surface area (Å²) < 4.78 is 5.27. The Morgan fingerprint density at radius 3 is 2.11 bits per heavy atom. The van der Waals surface area contributed by atoms with Gasteiger partial charge in [0.2, 0.25) is 0 Å². The van der Waals surface area contributed by atoms with Crippen molar-refractivity contribution in [1.82, 2.24) is 15.1 Å². The predicted octanol–water partition coefficient (Wildman–Crippen LogP) is 2.07. The molecule has 2 aromatic rings. The lowest BCUT2D eigenvalue weighted by Crippen LogP contribution is -2.49. The van der Waals surface area contributed by atoms with E-state index in [1.807, 2.05) is 30.3 Å². The largest absolute Gasteiger partial charge is 0.378 e. The van der Waals surface area contributed by atoms with Gasteiger partial charge in [-0.3, -0.25) is 14.5 Å². The fraction of sp³-hybridized carbons (Fsp3) is 0.286. The van der Waals surface area contributed by atoms with Crippen LogP contribution in [0.15, 0.2) is 54.6 Å². The number of morpholine rings is 1. The lowest BCUT2D eigenvalue weighted by molar-refractivity contribution is 0.0510. The number of hydrogen-bond donors (Lipinski definition) is 1. The minimum atomic E-state index is -0.585. The first-order valence-electron chi connectivity index (χ1n) is 9.29. The fourth-order valence-electron chi connectivity index (χ4n) is 3.59. The van der Waals surface area contributed by atoms with Crippen LogP contribution in [-0.2, 0) is 4.74 Å². The molecule has 0 radical (unpaired) electrons. The summed E-state index contributed by atoms with van der Waals surface area (Å²) in [6.07, 6.45) is 0. The van der Waals surface area contributed by atoms with Gasteiger partial charge in [-0.2, -0.15) is 0 Å². The van der Waals surface area contributed by atoms with E-state index in [1.54, 1.807) is 29.2 Å². The monoisotopic (exact) mass is 379 g/mol. The molecule has 1 N–H and O–H groups in total. The number of amides is 4. The van der Waals surface area contributed by atoms with Crippen LogP contribution in [-0.4, -0.2) is 60.5 Å². The Morgan fingerprint density at radius 2 is 1.50 bits per heavy atom. The number of fused-ring (bicyclic) bond motifs is 1. The molecule has 4 amide bonds. The lowest BCUT2D eigenvalue weighted by Gasteiger charge is -2.30. The summed E-state index contributed by atoms with van der Waals surface area (Å²) in [5.74, 6) is -0.676. The zero-order valence-corrected chi connectivity index (χ0v) is 15.3. The van der Waals surface area contributed by atoms with Crippen LogP contribution >= 0.6 is 0 Å². The van der Waals surface area contributed by atoms with E-state index in [4.69, 9.17) is 4.74 Å². The molecule has 1 fully saturated rings. The third-order valence-corrected chi connectivity index (χ3v) is 5.07. The highest BCUT2D eigenvalue weighted by Crippen LogP contribution is 2.31. The average molecular weight is 379 g/mol. The van der Waals surface area contributed by atoms with Gasteiger partial charge in [0.15, 0.2) is 0 Å². The normalized spacial score (nSPS) is 17.4. The van der Waals surface area contributed by atoms with Gasteiger partial charge < -0.3 is 15.0 Å². The zero-order valence-electron chi connectivity index (χ0n) is 15.3. The second-order valence-corrected chi connectivity index (χ2v) is 6.74. The maximum atomic E-state index is 12.9. The molecule has 2 aliphatic rings.